The van der Waals surface area contributed by atoms with Crippen LogP contribution in [0.15, 0.2) is 48.5 Å². The Bertz CT molecular complexity index is 1230. The lowest BCUT2D eigenvalue weighted by Gasteiger charge is -2.14. The van der Waals surface area contributed by atoms with Crippen molar-refractivity contribution in [3.63, 3.8) is 0 Å². The highest BCUT2D eigenvalue weighted by Gasteiger charge is 2.26. The molecule has 6 nitrogen and oxygen atoms in total. The highest BCUT2D eigenvalue weighted by atomic mass is 16.5. The fraction of sp³-hybridized carbons (Fsp3) is 0.321. The van der Waals surface area contributed by atoms with Gasteiger partial charge in [0.2, 0.25) is 5.91 Å². The predicted molar refractivity (Wildman–Crippen MR) is 136 cm³/mol. The molecular formula is C28H31N3O3. The van der Waals surface area contributed by atoms with Crippen molar-refractivity contribution in [2.75, 3.05) is 13.7 Å². The molecule has 0 bridgehead atoms. The molecule has 1 atom stereocenters. The fourth-order valence-corrected chi connectivity index (χ4v) is 4.27. The number of benzene rings is 2. The molecule has 0 radical (unpaired) electrons. The minimum atomic E-state index is -0.156. The SMILES string of the molecule is CCC(C)NC(=O)CCNC(=O)c1c2c(nc3ccccc13)/C(=C/c1ccc(OC)cc1)CC2. The van der Waals surface area contributed by atoms with Crippen molar-refractivity contribution < 1.29 is 14.3 Å². The monoisotopic (exact) mass is 457 g/mol. The number of amides is 2. The van der Waals surface area contributed by atoms with E-state index < -0.39 is 0 Å². The number of aromatic nitrogens is 1. The molecule has 1 heterocycles. The Labute approximate surface area is 200 Å². The van der Waals surface area contributed by atoms with E-state index in [-0.39, 0.29) is 24.3 Å². The number of rotatable bonds is 8. The van der Waals surface area contributed by atoms with Crippen molar-refractivity contribution in [3.05, 3.63) is 70.9 Å². The lowest BCUT2D eigenvalue weighted by atomic mass is 10.00. The Balaban J connectivity index is 1.61. The lowest BCUT2D eigenvalue weighted by Crippen LogP contribution is -2.35. The van der Waals surface area contributed by atoms with Crippen LogP contribution < -0.4 is 15.4 Å². The maximum Gasteiger partial charge on any atom is 0.252 e. The zero-order chi connectivity index (χ0) is 24.1. The first-order chi connectivity index (χ1) is 16.5. The maximum atomic E-state index is 13.3. The molecule has 34 heavy (non-hydrogen) atoms. The molecule has 0 fully saturated rings. The number of hydrogen-bond donors (Lipinski definition) is 2. The first-order valence-corrected chi connectivity index (χ1v) is 11.8. The number of pyridine rings is 1. The van der Waals surface area contributed by atoms with Gasteiger partial charge in [-0.2, -0.15) is 0 Å². The number of methoxy groups -OCH3 is 1. The van der Waals surface area contributed by atoms with Crippen LogP contribution >= 0.6 is 0 Å². The predicted octanol–water partition coefficient (Wildman–Crippen LogP) is 4.76. The molecule has 0 saturated carbocycles. The minimum Gasteiger partial charge on any atom is -0.497 e. The van der Waals surface area contributed by atoms with E-state index in [0.717, 1.165) is 58.3 Å². The summed E-state index contributed by atoms with van der Waals surface area (Å²) >= 11 is 0. The Kier molecular flexibility index (Phi) is 7.26. The summed E-state index contributed by atoms with van der Waals surface area (Å²) in [6, 6.07) is 15.8. The molecule has 3 aromatic rings. The molecule has 1 aromatic heterocycles. The summed E-state index contributed by atoms with van der Waals surface area (Å²) in [5.41, 5.74) is 5.50. The van der Waals surface area contributed by atoms with Crippen LogP contribution in [0.4, 0.5) is 0 Å². The largest absolute Gasteiger partial charge is 0.497 e. The highest BCUT2D eigenvalue weighted by Crippen LogP contribution is 2.37. The number of fused-ring (bicyclic) bond motifs is 2. The van der Waals surface area contributed by atoms with E-state index in [4.69, 9.17) is 9.72 Å². The summed E-state index contributed by atoms with van der Waals surface area (Å²) in [5.74, 6) is 0.607. The van der Waals surface area contributed by atoms with Crippen LogP contribution in [0.25, 0.3) is 22.6 Å². The minimum absolute atomic E-state index is 0.0517. The lowest BCUT2D eigenvalue weighted by molar-refractivity contribution is -0.121. The zero-order valence-corrected chi connectivity index (χ0v) is 20.0. The average molecular weight is 458 g/mol. The normalized spacial score (nSPS) is 14.6. The molecular weight excluding hydrogens is 426 g/mol. The Morgan fingerprint density at radius 1 is 1.12 bits per heavy atom. The number of carbonyl (C=O) groups excluding carboxylic acids is 2. The number of nitrogens with zero attached hydrogens (tertiary/aromatic N) is 1. The number of allylic oxidation sites excluding steroid dienone is 1. The number of hydrogen-bond acceptors (Lipinski definition) is 4. The highest BCUT2D eigenvalue weighted by molar-refractivity contribution is 6.09. The molecule has 1 unspecified atom stereocenters. The van der Waals surface area contributed by atoms with Crippen molar-refractivity contribution in [1.29, 1.82) is 0 Å². The van der Waals surface area contributed by atoms with Crippen LogP contribution in [0.3, 0.4) is 0 Å². The fourth-order valence-electron chi connectivity index (χ4n) is 4.27. The van der Waals surface area contributed by atoms with E-state index in [0.29, 0.717) is 12.1 Å². The second-order valence-corrected chi connectivity index (χ2v) is 8.66. The molecule has 0 saturated heterocycles. The Hall–Kier alpha value is -3.67. The van der Waals surface area contributed by atoms with Crippen LogP contribution in [0, 0.1) is 0 Å². The molecule has 2 N–H and O–H groups in total. The van der Waals surface area contributed by atoms with Gasteiger partial charge < -0.3 is 15.4 Å². The zero-order valence-electron chi connectivity index (χ0n) is 20.0. The number of nitrogens with one attached hydrogen (secondary N) is 2. The van der Waals surface area contributed by atoms with Crippen molar-refractivity contribution >= 4 is 34.4 Å². The molecule has 2 aromatic carbocycles. The van der Waals surface area contributed by atoms with Crippen molar-refractivity contribution in [2.45, 2.75) is 45.6 Å². The van der Waals surface area contributed by atoms with E-state index >= 15 is 0 Å². The summed E-state index contributed by atoms with van der Waals surface area (Å²) in [6.07, 6.45) is 4.84. The van der Waals surface area contributed by atoms with Crippen molar-refractivity contribution in [1.82, 2.24) is 15.6 Å². The van der Waals surface area contributed by atoms with Gasteiger partial charge in [-0.1, -0.05) is 37.3 Å². The molecule has 2 amide bonds. The van der Waals surface area contributed by atoms with Gasteiger partial charge in [0.05, 0.1) is 23.9 Å². The first kappa shape index (κ1) is 23.5. The van der Waals surface area contributed by atoms with Crippen molar-refractivity contribution in [2.24, 2.45) is 0 Å². The summed E-state index contributed by atoms with van der Waals surface area (Å²) in [6.45, 7) is 4.29. The van der Waals surface area contributed by atoms with Gasteiger partial charge in [0, 0.05) is 24.4 Å². The van der Waals surface area contributed by atoms with E-state index in [2.05, 4.69) is 16.7 Å². The first-order valence-electron chi connectivity index (χ1n) is 11.8. The third-order valence-corrected chi connectivity index (χ3v) is 6.28. The summed E-state index contributed by atoms with van der Waals surface area (Å²) < 4.78 is 5.25. The van der Waals surface area contributed by atoms with E-state index in [1.807, 2.05) is 62.4 Å². The maximum absolute atomic E-state index is 13.3. The molecule has 6 heteroatoms. The van der Waals surface area contributed by atoms with Gasteiger partial charge in [-0.15, -0.1) is 0 Å². The van der Waals surface area contributed by atoms with E-state index in [1.165, 1.54) is 0 Å². The van der Waals surface area contributed by atoms with Crippen LogP contribution in [0.5, 0.6) is 5.75 Å². The second-order valence-electron chi connectivity index (χ2n) is 8.66. The topological polar surface area (TPSA) is 80.3 Å². The molecule has 1 aliphatic rings. The van der Waals surface area contributed by atoms with Gasteiger partial charge in [0.15, 0.2) is 0 Å². The molecule has 1 aliphatic carbocycles. The quantitative estimate of drug-likeness (QED) is 0.511. The summed E-state index contributed by atoms with van der Waals surface area (Å²) in [7, 11) is 1.65. The summed E-state index contributed by atoms with van der Waals surface area (Å²) in [4.78, 5) is 30.3. The molecule has 0 spiro atoms. The Morgan fingerprint density at radius 2 is 1.88 bits per heavy atom. The van der Waals surface area contributed by atoms with E-state index in [1.54, 1.807) is 7.11 Å². The van der Waals surface area contributed by atoms with Crippen LogP contribution in [0.1, 0.15) is 60.3 Å². The third-order valence-electron chi connectivity index (χ3n) is 6.28. The average Bonchev–Trinajstić information content (AvgIpc) is 3.24. The second kappa shape index (κ2) is 10.5. The van der Waals surface area contributed by atoms with Gasteiger partial charge in [-0.05, 0) is 67.2 Å². The van der Waals surface area contributed by atoms with Crippen LogP contribution in [-0.4, -0.2) is 36.5 Å². The summed E-state index contributed by atoms with van der Waals surface area (Å²) in [5, 5.41) is 6.74. The number of ether oxygens (including phenoxy) is 1. The van der Waals surface area contributed by atoms with Crippen LogP contribution in [-0.2, 0) is 11.2 Å². The van der Waals surface area contributed by atoms with Crippen molar-refractivity contribution in [3.8, 4) is 5.75 Å². The van der Waals surface area contributed by atoms with Gasteiger partial charge in [-0.3, -0.25) is 9.59 Å². The van der Waals surface area contributed by atoms with Gasteiger partial charge in [0.25, 0.3) is 5.91 Å². The standard InChI is InChI=1S/C28H31N3O3/c1-4-18(2)30-25(32)15-16-29-28(33)26-22-7-5-6-8-24(22)31-27-20(11-14-23(26)27)17-19-9-12-21(34-3)13-10-19/h5-10,12-13,17-18H,4,11,14-16H2,1-3H3,(H,29,33)(H,30,32)/b20-17+. The molecule has 4 rings (SSSR count). The number of para-hydroxylation sites is 1. The Morgan fingerprint density at radius 3 is 2.62 bits per heavy atom. The molecule has 176 valence electrons. The van der Waals surface area contributed by atoms with Crippen LogP contribution in [0.2, 0.25) is 0 Å². The molecule has 0 aliphatic heterocycles. The van der Waals surface area contributed by atoms with Gasteiger partial charge in [-0.25, -0.2) is 4.98 Å². The van der Waals surface area contributed by atoms with E-state index in [9.17, 15) is 9.59 Å². The van der Waals surface area contributed by atoms with Gasteiger partial charge >= 0.3 is 0 Å². The van der Waals surface area contributed by atoms with Gasteiger partial charge in [0.1, 0.15) is 5.75 Å². The number of carbonyl (C=O) groups is 2. The smallest absolute Gasteiger partial charge is 0.252 e. The third kappa shape index (κ3) is 5.11.